The van der Waals surface area contributed by atoms with E-state index in [1.807, 2.05) is 0 Å². The Morgan fingerprint density at radius 1 is 0.843 bits per heavy atom. The number of sulfonamides is 1. The Bertz CT molecular complexity index is 2300. The molecule has 51 heavy (non-hydrogen) atoms. The summed E-state index contributed by atoms with van der Waals surface area (Å²) in [6.07, 6.45) is -0.808. The van der Waals surface area contributed by atoms with Gasteiger partial charge in [-0.2, -0.15) is 23.4 Å². The Balaban J connectivity index is 1.37. The Kier molecular flexibility index (Phi) is 10.0. The largest absolute Gasteiger partial charge is 0.497 e. The zero-order chi connectivity index (χ0) is 36.3. The van der Waals surface area contributed by atoms with Gasteiger partial charge in [0.15, 0.2) is 0 Å². The average Bonchev–Trinajstić information content (AvgIpc) is 3.66. The van der Waals surface area contributed by atoms with E-state index in [0.29, 0.717) is 33.8 Å². The van der Waals surface area contributed by atoms with Crippen LogP contribution in [-0.4, -0.2) is 48.0 Å². The van der Waals surface area contributed by atoms with Gasteiger partial charge >= 0.3 is 6.18 Å². The summed E-state index contributed by atoms with van der Waals surface area (Å²) in [5, 5.41) is 15.0. The van der Waals surface area contributed by atoms with Crippen molar-refractivity contribution in [3.63, 3.8) is 0 Å². The van der Waals surface area contributed by atoms with Gasteiger partial charge in [0, 0.05) is 35.0 Å². The summed E-state index contributed by atoms with van der Waals surface area (Å²) in [5.41, 5.74) is 2.09. The molecule has 262 valence electrons. The van der Waals surface area contributed by atoms with E-state index >= 15 is 4.39 Å². The van der Waals surface area contributed by atoms with Crippen LogP contribution in [0.5, 0.6) is 23.0 Å². The van der Waals surface area contributed by atoms with E-state index in [4.69, 9.17) is 25.8 Å². The van der Waals surface area contributed by atoms with Crippen molar-refractivity contribution in [3.8, 4) is 45.3 Å². The predicted octanol–water partition coefficient (Wildman–Crippen LogP) is 8.07. The van der Waals surface area contributed by atoms with Crippen LogP contribution < -0.4 is 18.5 Å². The van der Waals surface area contributed by atoms with Gasteiger partial charge in [-0.05, 0) is 59.7 Å². The first-order valence-corrected chi connectivity index (χ1v) is 17.2. The van der Waals surface area contributed by atoms with Crippen molar-refractivity contribution in [2.45, 2.75) is 17.6 Å². The number of anilines is 1. The highest BCUT2D eigenvalue weighted by molar-refractivity contribution is 7.93. The lowest BCUT2D eigenvalue weighted by Crippen LogP contribution is -2.31. The molecule has 11 nitrogen and oxygen atoms in total. The molecular weight excluding hydrogens is 736 g/mol. The van der Waals surface area contributed by atoms with Crippen molar-refractivity contribution >= 4 is 38.1 Å². The first kappa shape index (κ1) is 35.4. The topological polar surface area (TPSA) is 130 Å². The second-order valence-corrected chi connectivity index (χ2v) is 13.5. The maximum Gasteiger partial charge on any atom is 0.433 e. The SMILES string of the molecule is COc1ccc(CN(c2nncs2)S(=O)(=O)c2cc(Cl)c(Oc3ccc(-c4ccnc(C(F)(F)F)c4)cc3-c3ccnnc3)cc2F)c(OC)c1. The van der Waals surface area contributed by atoms with Crippen molar-refractivity contribution in [2.75, 3.05) is 18.5 Å². The first-order valence-electron chi connectivity index (χ1n) is 14.5. The van der Waals surface area contributed by atoms with Gasteiger partial charge in [-0.25, -0.2) is 17.1 Å². The van der Waals surface area contributed by atoms with Crippen molar-refractivity contribution < 1.29 is 40.2 Å². The van der Waals surface area contributed by atoms with Crippen LogP contribution in [-0.2, 0) is 22.7 Å². The highest BCUT2D eigenvalue weighted by Crippen LogP contribution is 2.41. The summed E-state index contributed by atoms with van der Waals surface area (Å²) in [4.78, 5) is 2.64. The molecule has 0 N–H and O–H groups in total. The average molecular weight is 759 g/mol. The van der Waals surface area contributed by atoms with Gasteiger partial charge in [-0.3, -0.25) is 4.98 Å². The number of hydrogen-bond donors (Lipinski definition) is 0. The van der Waals surface area contributed by atoms with E-state index < -0.39 is 32.6 Å². The van der Waals surface area contributed by atoms with Crippen LogP contribution in [0.15, 0.2) is 95.7 Å². The molecule has 3 aromatic carbocycles. The van der Waals surface area contributed by atoms with Crippen molar-refractivity contribution in [1.82, 2.24) is 25.4 Å². The Labute approximate surface area is 297 Å². The number of rotatable bonds is 11. The highest BCUT2D eigenvalue weighted by Gasteiger charge is 2.34. The van der Waals surface area contributed by atoms with E-state index in [0.717, 1.165) is 40.0 Å². The van der Waals surface area contributed by atoms with Crippen LogP contribution in [0.3, 0.4) is 0 Å². The summed E-state index contributed by atoms with van der Waals surface area (Å²) in [7, 11) is -1.79. The predicted molar refractivity (Wildman–Crippen MR) is 180 cm³/mol. The number of aromatic nitrogens is 5. The summed E-state index contributed by atoms with van der Waals surface area (Å²) in [5.74, 6) is -0.536. The molecule has 6 rings (SSSR count). The second-order valence-electron chi connectivity index (χ2n) is 10.5. The summed E-state index contributed by atoms with van der Waals surface area (Å²) >= 11 is 7.46. The molecule has 0 aliphatic carbocycles. The smallest absolute Gasteiger partial charge is 0.433 e. The Morgan fingerprint density at radius 2 is 1.63 bits per heavy atom. The lowest BCUT2D eigenvalue weighted by atomic mass is 9.99. The fourth-order valence-electron chi connectivity index (χ4n) is 4.93. The van der Waals surface area contributed by atoms with Gasteiger partial charge in [0.2, 0.25) is 5.13 Å². The molecule has 0 amide bonds. The number of ether oxygens (including phenoxy) is 3. The van der Waals surface area contributed by atoms with Gasteiger partial charge in [-0.1, -0.05) is 29.0 Å². The number of nitrogens with zero attached hydrogens (tertiary/aromatic N) is 6. The van der Waals surface area contributed by atoms with Gasteiger partial charge in [0.05, 0.1) is 38.2 Å². The zero-order valence-corrected chi connectivity index (χ0v) is 28.7. The fourth-order valence-corrected chi connectivity index (χ4v) is 7.45. The third kappa shape index (κ3) is 7.54. The molecule has 18 heteroatoms. The molecule has 0 spiro atoms. The van der Waals surface area contributed by atoms with Crippen LogP contribution in [0.1, 0.15) is 11.3 Å². The maximum absolute atomic E-state index is 15.9. The van der Waals surface area contributed by atoms with Gasteiger partial charge < -0.3 is 14.2 Å². The van der Waals surface area contributed by atoms with Crippen molar-refractivity contribution in [2.24, 2.45) is 0 Å². The molecule has 0 bridgehead atoms. The van der Waals surface area contributed by atoms with Crippen LogP contribution >= 0.6 is 22.9 Å². The minimum atomic E-state index is -4.67. The molecule has 0 radical (unpaired) electrons. The van der Waals surface area contributed by atoms with E-state index in [-0.39, 0.29) is 33.8 Å². The summed E-state index contributed by atoms with van der Waals surface area (Å²) in [6.45, 7) is -0.308. The molecular formula is C33H23ClF4N6O5S2. The zero-order valence-electron chi connectivity index (χ0n) is 26.3. The lowest BCUT2D eigenvalue weighted by molar-refractivity contribution is -0.141. The molecule has 6 aromatic rings. The fraction of sp³-hybridized carbons (Fsp3) is 0.121. The number of hydrogen-bond acceptors (Lipinski definition) is 11. The van der Waals surface area contributed by atoms with Crippen molar-refractivity contribution in [1.29, 1.82) is 0 Å². The first-order chi connectivity index (χ1) is 24.4. The van der Waals surface area contributed by atoms with Crippen molar-refractivity contribution in [3.05, 3.63) is 113 Å². The third-order valence-electron chi connectivity index (χ3n) is 7.40. The number of methoxy groups -OCH3 is 2. The molecule has 0 saturated heterocycles. The summed E-state index contributed by atoms with van der Waals surface area (Å²) in [6, 6.07) is 15.0. The van der Waals surface area contributed by atoms with Crippen LogP contribution in [0.4, 0.5) is 22.7 Å². The molecule has 0 saturated carbocycles. The minimum absolute atomic E-state index is 0.0454. The molecule has 3 heterocycles. The van der Waals surface area contributed by atoms with Gasteiger partial charge in [0.1, 0.15) is 44.9 Å². The molecule has 0 fully saturated rings. The minimum Gasteiger partial charge on any atom is -0.497 e. The molecule has 0 aliphatic heterocycles. The lowest BCUT2D eigenvalue weighted by Gasteiger charge is -2.23. The maximum atomic E-state index is 15.9. The summed E-state index contributed by atoms with van der Waals surface area (Å²) < 4.78 is 102. The van der Waals surface area contributed by atoms with E-state index in [2.05, 4.69) is 25.4 Å². The van der Waals surface area contributed by atoms with Gasteiger partial charge in [-0.15, -0.1) is 10.2 Å². The highest BCUT2D eigenvalue weighted by atomic mass is 35.5. The molecule has 3 aromatic heterocycles. The van der Waals surface area contributed by atoms with Crippen LogP contribution in [0, 0.1) is 5.82 Å². The Hall–Kier alpha value is -5.39. The number of pyridine rings is 1. The quantitative estimate of drug-likeness (QED) is 0.120. The molecule has 0 unspecified atom stereocenters. The third-order valence-corrected chi connectivity index (χ3v) is 10.3. The van der Waals surface area contributed by atoms with Crippen LogP contribution in [0.25, 0.3) is 22.3 Å². The van der Waals surface area contributed by atoms with E-state index in [1.54, 1.807) is 30.3 Å². The molecule has 0 aliphatic rings. The number of halogens is 5. The second kappa shape index (κ2) is 14.5. The van der Waals surface area contributed by atoms with E-state index in [1.165, 1.54) is 50.3 Å². The normalized spacial score (nSPS) is 11.7. The van der Waals surface area contributed by atoms with Crippen LogP contribution in [0.2, 0.25) is 5.02 Å². The standard InChI is InChI=1S/C33H23ClF4N6O5S2/c1-47-23-5-3-22(28(13-23)48-2)17-44(32-43-42-18-50-32)51(45,46)30-14-25(34)29(15-26(30)35)49-27-6-4-19(11-24(27)21-8-10-40-41-16-21)20-7-9-39-31(12-20)33(36,37)38/h3-16,18H,17H2,1-2H3. The Morgan fingerprint density at radius 3 is 2.31 bits per heavy atom. The monoisotopic (exact) mass is 758 g/mol. The molecule has 0 atom stereocenters. The van der Waals surface area contributed by atoms with Gasteiger partial charge in [0.25, 0.3) is 10.0 Å². The number of alkyl halides is 3. The number of benzene rings is 3. The van der Waals surface area contributed by atoms with E-state index in [9.17, 15) is 21.6 Å².